The van der Waals surface area contributed by atoms with Crippen LogP contribution in [0.4, 0.5) is 4.39 Å². The molecule has 106 valence electrons. The van der Waals surface area contributed by atoms with Gasteiger partial charge in [0.1, 0.15) is 5.82 Å². The molecule has 0 aliphatic heterocycles. The lowest BCUT2D eigenvalue weighted by Gasteiger charge is -2.31. The minimum Gasteiger partial charge on any atom is -0.316 e. The molecule has 1 unspecified atom stereocenters. The standard InChI is InChI=1S/C16H23BrFN/c1-3-8-19-11-16(2,13-5-6-13)10-12-4-7-14(18)9-15(12)17/h4,7,9,13,19H,3,5-6,8,10-11H2,1-2H3. The lowest BCUT2D eigenvalue weighted by Crippen LogP contribution is -2.36. The normalized spacial score (nSPS) is 18.3. The fourth-order valence-electron chi connectivity index (χ4n) is 2.78. The van der Waals surface area contributed by atoms with Gasteiger partial charge in [-0.25, -0.2) is 4.39 Å². The summed E-state index contributed by atoms with van der Waals surface area (Å²) in [5.74, 6) is 0.640. The first-order valence-electron chi connectivity index (χ1n) is 7.20. The molecule has 1 N–H and O–H groups in total. The van der Waals surface area contributed by atoms with E-state index in [9.17, 15) is 4.39 Å². The van der Waals surface area contributed by atoms with Crippen molar-refractivity contribution in [3.63, 3.8) is 0 Å². The zero-order chi connectivity index (χ0) is 13.9. The Morgan fingerprint density at radius 3 is 2.74 bits per heavy atom. The lowest BCUT2D eigenvalue weighted by molar-refractivity contribution is 0.256. The van der Waals surface area contributed by atoms with Crippen molar-refractivity contribution >= 4 is 15.9 Å². The first kappa shape index (κ1) is 15.0. The summed E-state index contributed by atoms with van der Waals surface area (Å²) < 4.78 is 14.1. The van der Waals surface area contributed by atoms with E-state index in [2.05, 4.69) is 35.1 Å². The predicted molar refractivity (Wildman–Crippen MR) is 81.8 cm³/mol. The molecule has 0 spiro atoms. The second-order valence-electron chi connectivity index (χ2n) is 6.02. The molecule has 3 heteroatoms. The maximum Gasteiger partial charge on any atom is 0.124 e. The van der Waals surface area contributed by atoms with E-state index >= 15 is 0 Å². The summed E-state index contributed by atoms with van der Waals surface area (Å²) in [7, 11) is 0. The van der Waals surface area contributed by atoms with E-state index in [1.54, 1.807) is 12.1 Å². The molecule has 1 aromatic carbocycles. The summed E-state index contributed by atoms with van der Waals surface area (Å²) in [4.78, 5) is 0. The van der Waals surface area contributed by atoms with Crippen LogP contribution in [0.1, 0.15) is 38.7 Å². The van der Waals surface area contributed by atoms with Gasteiger partial charge in [0.15, 0.2) is 0 Å². The molecule has 1 aromatic rings. The minimum atomic E-state index is -0.173. The Labute approximate surface area is 124 Å². The summed E-state index contributed by atoms with van der Waals surface area (Å²) in [6, 6.07) is 5.05. The van der Waals surface area contributed by atoms with Gasteiger partial charge in [0.25, 0.3) is 0 Å². The molecular formula is C16H23BrFN. The van der Waals surface area contributed by atoms with E-state index in [0.29, 0.717) is 0 Å². The van der Waals surface area contributed by atoms with Crippen molar-refractivity contribution in [2.45, 2.75) is 39.5 Å². The highest BCUT2D eigenvalue weighted by molar-refractivity contribution is 9.10. The fraction of sp³-hybridized carbons (Fsp3) is 0.625. The van der Waals surface area contributed by atoms with Crippen LogP contribution in [0.25, 0.3) is 0 Å². The zero-order valence-corrected chi connectivity index (χ0v) is 13.4. The molecule has 1 fully saturated rings. The molecule has 0 radical (unpaired) electrons. The molecule has 0 saturated heterocycles. The van der Waals surface area contributed by atoms with E-state index in [1.165, 1.54) is 24.8 Å². The SMILES string of the molecule is CCCNCC(C)(Cc1ccc(F)cc1Br)C1CC1. The van der Waals surface area contributed by atoms with Crippen molar-refractivity contribution in [3.05, 3.63) is 34.1 Å². The quantitative estimate of drug-likeness (QED) is 0.724. The molecule has 1 aliphatic rings. The average molecular weight is 328 g/mol. The lowest BCUT2D eigenvalue weighted by atomic mass is 9.79. The van der Waals surface area contributed by atoms with Gasteiger partial charge in [-0.2, -0.15) is 0 Å². The number of nitrogens with one attached hydrogen (secondary N) is 1. The number of benzene rings is 1. The van der Waals surface area contributed by atoms with Gasteiger partial charge >= 0.3 is 0 Å². The molecule has 19 heavy (non-hydrogen) atoms. The number of halogens is 2. The third-order valence-corrected chi connectivity index (χ3v) is 4.87. The van der Waals surface area contributed by atoms with E-state index in [1.807, 2.05) is 6.07 Å². The van der Waals surface area contributed by atoms with E-state index < -0.39 is 0 Å². The highest BCUT2D eigenvalue weighted by Gasteiger charge is 2.41. The van der Waals surface area contributed by atoms with Gasteiger partial charge in [-0.05, 0) is 61.3 Å². The molecule has 1 saturated carbocycles. The van der Waals surface area contributed by atoms with Gasteiger partial charge < -0.3 is 5.32 Å². The van der Waals surface area contributed by atoms with Crippen LogP contribution in [-0.2, 0) is 6.42 Å². The molecule has 0 heterocycles. The Balaban J connectivity index is 2.07. The third-order valence-electron chi connectivity index (χ3n) is 4.13. The molecule has 1 atom stereocenters. The van der Waals surface area contributed by atoms with E-state index in [0.717, 1.165) is 29.9 Å². The molecule has 1 aliphatic carbocycles. The molecule has 1 nitrogen and oxygen atoms in total. The van der Waals surface area contributed by atoms with Gasteiger partial charge in [0.2, 0.25) is 0 Å². The van der Waals surface area contributed by atoms with Crippen molar-refractivity contribution in [2.75, 3.05) is 13.1 Å². The smallest absolute Gasteiger partial charge is 0.124 e. The number of hydrogen-bond donors (Lipinski definition) is 1. The topological polar surface area (TPSA) is 12.0 Å². The van der Waals surface area contributed by atoms with Gasteiger partial charge in [-0.3, -0.25) is 0 Å². The molecule has 2 rings (SSSR count). The molecular weight excluding hydrogens is 305 g/mol. The average Bonchev–Trinajstić information content (AvgIpc) is 3.18. The Bertz CT molecular complexity index is 431. The van der Waals surface area contributed by atoms with Crippen LogP contribution in [0, 0.1) is 17.2 Å². The molecule has 0 amide bonds. The van der Waals surface area contributed by atoms with E-state index in [-0.39, 0.29) is 11.2 Å². The highest BCUT2D eigenvalue weighted by Crippen LogP contribution is 2.47. The molecule has 0 bridgehead atoms. The highest BCUT2D eigenvalue weighted by atomic mass is 79.9. The minimum absolute atomic E-state index is 0.173. The first-order chi connectivity index (χ1) is 9.05. The first-order valence-corrected chi connectivity index (χ1v) is 7.99. The summed E-state index contributed by atoms with van der Waals surface area (Å²) in [6.45, 7) is 6.68. The second-order valence-corrected chi connectivity index (χ2v) is 6.87. The summed E-state index contributed by atoms with van der Waals surface area (Å²) in [5, 5.41) is 3.56. The van der Waals surface area contributed by atoms with Gasteiger partial charge in [0, 0.05) is 11.0 Å². The Kier molecular flexibility index (Phi) is 5.02. The monoisotopic (exact) mass is 327 g/mol. The van der Waals surface area contributed by atoms with Crippen LogP contribution < -0.4 is 5.32 Å². The van der Waals surface area contributed by atoms with Crippen LogP contribution in [0.2, 0.25) is 0 Å². The third kappa shape index (κ3) is 4.03. The maximum absolute atomic E-state index is 13.2. The van der Waals surface area contributed by atoms with Gasteiger partial charge in [-0.1, -0.05) is 35.8 Å². The van der Waals surface area contributed by atoms with Crippen LogP contribution in [0.3, 0.4) is 0 Å². The van der Waals surface area contributed by atoms with Gasteiger partial charge in [-0.15, -0.1) is 0 Å². The van der Waals surface area contributed by atoms with Crippen LogP contribution >= 0.6 is 15.9 Å². The Morgan fingerprint density at radius 1 is 1.42 bits per heavy atom. The van der Waals surface area contributed by atoms with Crippen molar-refractivity contribution in [1.82, 2.24) is 5.32 Å². The largest absolute Gasteiger partial charge is 0.316 e. The Morgan fingerprint density at radius 2 is 2.16 bits per heavy atom. The molecule has 0 aromatic heterocycles. The predicted octanol–water partition coefficient (Wildman–Crippen LogP) is 4.55. The Hall–Kier alpha value is -0.410. The van der Waals surface area contributed by atoms with Crippen LogP contribution in [0.5, 0.6) is 0 Å². The van der Waals surface area contributed by atoms with Crippen molar-refractivity contribution in [3.8, 4) is 0 Å². The van der Waals surface area contributed by atoms with Crippen molar-refractivity contribution in [2.24, 2.45) is 11.3 Å². The maximum atomic E-state index is 13.2. The second kappa shape index (κ2) is 6.36. The van der Waals surface area contributed by atoms with E-state index in [4.69, 9.17) is 0 Å². The number of hydrogen-bond acceptors (Lipinski definition) is 1. The van der Waals surface area contributed by atoms with Gasteiger partial charge in [0.05, 0.1) is 0 Å². The van der Waals surface area contributed by atoms with Crippen molar-refractivity contribution in [1.29, 1.82) is 0 Å². The fourth-order valence-corrected chi connectivity index (χ4v) is 3.27. The van der Waals surface area contributed by atoms with Crippen LogP contribution in [-0.4, -0.2) is 13.1 Å². The summed E-state index contributed by atoms with van der Waals surface area (Å²) >= 11 is 3.49. The number of rotatable bonds is 7. The van der Waals surface area contributed by atoms with Crippen LogP contribution in [0.15, 0.2) is 22.7 Å². The van der Waals surface area contributed by atoms with Crippen molar-refractivity contribution < 1.29 is 4.39 Å². The summed E-state index contributed by atoms with van der Waals surface area (Å²) in [6.07, 6.45) is 4.85. The zero-order valence-electron chi connectivity index (χ0n) is 11.8. The summed E-state index contributed by atoms with van der Waals surface area (Å²) in [5.41, 5.74) is 1.50.